The standard InChI is InChI=1S/C27H32F2N6O6S2/c1-15(2)41-25(37)20(11-17-10-16-4-7-31-23(30)18(16)12-21(17)40-3)35-8-5-19(24(35)36)33-43(38,39)22-13-32-26(42-22)34-9-6-27(28,29)14-34/h4,7,10,12-13,15,19-20,33H,5-6,8-9,11,14H2,1-3H3,(H2,30,31). The fraction of sp³-hybridized carbons (Fsp3) is 0.481. The number of benzene rings is 1. The van der Waals surface area contributed by atoms with Gasteiger partial charge < -0.3 is 25.0 Å². The number of fused-ring (bicyclic) bond motifs is 1. The Balaban J connectivity index is 1.36. The first-order valence-corrected chi connectivity index (χ1v) is 15.9. The number of rotatable bonds is 10. The van der Waals surface area contributed by atoms with Crippen LogP contribution in [0.5, 0.6) is 5.75 Å². The fourth-order valence-electron chi connectivity index (χ4n) is 5.25. The Morgan fingerprint density at radius 2 is 2.05 bits per heavy atom. The number of carbonyl (C=O) groups is 2. The van der Waals surface area contributed by atoms with Crippen LogP contribution in [0.1, 0.15) is 32.3 Å². The Morgan fingerprint density at radius 3 is 2.72 bits per heavy atom. The number of thiazole rings is 1. The average molecular weight is 639 g/mol. The Bertz CT molecular complexity index is 1650. The molecule has 2 unspecified atom stereocenters. The Labute approximate surface area is 251 Å². The van der Waals surface area contributed by atoms with Crippen LogP contribution in [0.4, 0.5) is 19.7 Å². The zero-order chi connectivity index (χ0) is 31.1. The second kappa shape index (κ2) is 11.8. The van der Waals surface area contributed by atoms with Crippen LogP contribution in [-0.4, -0.2) is 86.0 Å². The maximum absolute atomic E-state index is 13.6. The smallest absolute Gasteiger partial charge is 0.329 e. The number of halogens is 2. The lowest BCUT2D eigenvalue weighted by molar-refractivity contribution is -0.157. The monoisotopic (exact) mass is 638 g/mol. The van der Waals surface area contributed by atoms with Crippen LogP contribution in [0.15, 0.2) is 34.8 Å². The van der Waals surface area contributed by atoms with Crippen LogP contribution in [0.3, 0.4) is 0 Å². The highest BCUT2D eigenvalue weighted by atomic mass is 32.2. The molecule has 2 aromatic heterocycles. The summed E-state index contributed by atoms with van der Waals surface area (Å²) in [7, 11) is -2.73. The minimum Gasteiger partial charge on any atom is -0.496 e. The van der Waals surface area contributed by atoms with Crippen molar-refractivity contribution in [2.24, 2.45) is 0 Å². The molecular weight excluding hydrogens is 606 g/mol. The van der Waals surface area contributed by atoms with E-state index in [9.17, 15) is 26.8 Å². The Hall–Kier alpha value is -3.63. The number of hydrogen-bond acceptors (Lipinski definition) is 11. The molecule has 0 aliphatic carbocycles. The number of alkyl halides is 2. The van der Waals surface area contributed by atoms with E-state index in [1.807, 2.05) is 0 Å². The first-order valence-electron chi connectivity index (χ1n) is 13.6. The minimum absolute atomic E-state index is 0.0385. The summed E-state index contributed by atoms with van der Waals surface area (Å²) < 4.78 is 66.9. The number of nitrogens with one attached hydrogen (secondary N) is 1. The zero-order valence-corrected chi connectivity index (χ0v) is 25.4. The van der Waals surface area contributed by atoms with Gasteiger partial charge in [-0.3, -0.25) is 4.79 Å². The molecule has 3 N–H and O–H groups in total. The molecule has 2 fully saturated rings. The second-order valence-electron chi connectivity index (χ2n) is 10.8. The predicted molar refractivity (Wildman–Crippen MR) is 156 cm³/mol. The Morgan fingerprint density at radius 1 is 1.28 bits per heavy atom. The van der Waals surface area contributed by atoms with Gasteiger partial charge in [0.05, 0.1) is 26.0 Å². The van der Waals surface area contributed by atoms with Crippen molar-refractivity contribution in [3.63, 3.8) is 0 Å². The third-order valence-corrected chi connectivity index (χ3v) is 10.3. The first-order chi connectivity index (χ1) is 20.3. The van der Waals surface area contributed by atoms with E-state index in [0.717, 1.165) is 22.9 Å². The van der Waals surface area contributed by atoms with Gasteiger partial charge >= 0.3 is 5.97 Å². The lowest BCUT2D eigenvalue weighted by atomic mass is 10.00. The van der Waals surface area contributed by atoms with Crippen molar-refractivity contribution < 1.29 is 36.3 Å². The van der Waals surface area contributed by atoms with Gasteiger partial charge in [-0.1, -0.05) is 11.3 Å². The van der Waals surface area contributed by atoms with Crippen LogP contribution in [0.2, 0.25) is 0 Å². The minimum atomic E-state index is -4.21. The third-order valence-electron chi connectivity index (χ3n) is 7.32. The molecule has 0 saturated carbocycles. The molecule has 0 bridgehead atoms. The highest BCUT2D eigenvalue weighted by Gasteiger charge is 2.43. The van der Waals surface area contributed by atoms with Crippen molar-refractivity contribution in [3.05, 3.63) is 36.2 Å². The van der Waals surface area contributed by atoms with Gasteiger partial charge in [-0.15, -0.1) is 0 Å². The summed E-state index contributed by atoms with van der Waals surface area (Å²) in [6.45, 7) is 2.99. The normalized spacial score (nSPS) is 19.4. The molecule has 3 aromatic rings. The molecule has 5 rings (SSSR count). The Kier molecular flexibility index (Phi) is 8.46. The summed E-state index contributed by atoms with van der Waals surface area (Å²) in [6, 6.07) is 3.07. The van der Waals surface area contributed by atoms with Gasteiger partial charge in [-0.25, -0.2) is 32.0 Å². The highest BCUT2D eigenvalue weighted by molar-refractivity contribution is 7.91. The van der Waals surface area contributed by atoms with Crippen LogP contribution in [0.25, 0.3) is 10.8 Å². The number of anilines is 2. The van der Waals surface area contributed by atoms with Gasteiger partial charge in [-0.05, 0) is 49.4 Å². The summed E-state index contributed by atoms with van der Waals surface area (Å²) in [4.78, 5) is 37.6. The lowest BCUT2D eigenvalue weighted by Crippen LogP contribution is -2.49. The summed E-state index contributed by atoms with van der Waals surface area (Å²) in [5.41, 5.74) is 6.64. The molecule has 2 aliphatic heterocycles. The number of ether oxygens (including phenoxy) is 2. The van der Waals surface area contributed by atoms with E-state index >= 15 is 0 Å². The van der Waals surface area contributed by atoms with Crippen LogP contribution < -0.4 is 20.1 Å². The number of pyridine rings is 1. The zero-order valence-electron chi connectivity index (χ0n) is 23.7. The summed E-state index contributed by atoms with van der Waals surface area (Å²) in [6.07, 6.45) is 2.00. The summed E-state index contributed by atoms with van der Waals surface area (Å²) >= 11 is 0.754. The topological polar surface area (TPSA) is 157 Å². The summed E-state index contributed by atoms with van der Waals surface area (Å²) in [5, 5.41) is 1.59. The van der Waals surface area contributed by atoms with Crippen molar-refractivity contribution in [2.75, 3.05) is 37.4 Å². The number of likely N-dealkylation sites (tertiary alicyclic amines) is 1. The number of esters is 1. The van der Waals surface area contributed by atoms with Crippen molar-refractivity contribution >= 4 is 55.0 Å². The number of carbonyl (C=O) groups excluding carboxylic acids is 2. The quantitative estimate of drug-likeness (QED) is 0.317. The predicted octanol–water partition coefficient (Wildman–Crippen LogP) is 2.57. The molecular formula is C27H32F2N6O6S2. The number of nitrogens with zero attached hydrogens (tertiary/aromatic N) is 4. The fourth-order valence-corrected chi connectivity index (χ4v) is 7.63. The third kappa shape index (κ3) is 6.50. The van der Waals surface area contributed by atoms with Gasteiger partial charge in [0.25, 0.3) is 15.9 Å². The number of hydrogen-bond donors (Lipinski definition) is 2. The van der Waals surface area contributed by atoms with E-state index < -0.39 is 52.6 Å². The molecule has 43 heavy (non-hydrogen) atoms. The van der Waals surface area contributed by atoms with Crippen LogP contribution >= 0.6 is 11.3 Å². The summed E-state index contributed by atoms with van der Waals surface area (Å²) in [5.74, 6) is -3.34. The van der Waals surface area contributed by atoms with Gasteiger partial charge in [0, 0.05) is 37.5 Å². The molecule has 4 heterocycles. The molecule has 2 aliphatic rings. The molecule has 1 aromatic carbocycles. The van der Waals surface area contributed by atoms with E-state index in [1.54, 1.807) is 38.2 Å². The van der Waals surface area contributed by atoms with E-state index in [2.05, 4.69) is 14.7 Å². The second-order valence-corrected chi connectivity index (χ2v) is 13.7. The van der Waals surface area contributed by atoms with Crippen molar-refractivity contribution in [1.29, 1.82) is 0 Å². The number of amides is 1. The molecule has 0 spiro atoms. The van der Waals surface area contributed by atoms with Crippen molar-refractivity contribution in [2.45, 2.75) is 61.4 Å². The first kappa shape index (κ1) is 30.8. The molecule has 232 valence electrons. The highest BCUT2D eigenvalue weighted by Crippen LogP contribution is 2.35. The number of methoxy groups -OCH3 is 1. The maximum Gasteiger partial charge on any atom is 0.329 e. The van der Waals surface area contributed by atoms with E-state index in [1.165, 1.54) is 16.9 Å². The van der Waals surface area contributed by atoms with Crippen molar-refractivity contribution in [3.8, 4) is 5.75 Å². The SMILES string of the molecule is COc1cc2c(N)nccc2cc1CC(C(=O)OC(C)C)N1CCC(NS(=O)(=O)c2cnc(N3CCC(F)(F)C3)s2)C1=O. The largest absolute Gasteiger partial charge is 0.496 e. The van der Waals surface area contributed by atoms with Gasteiger partial charge in [0.15, 0.2) is 9.34 Å². The van der Waals surface area contributed by atoms with Crippen molar-refractivity contribution in [1.82, 2.24) is 19.6 Å². The van der Waals surface area contributed by atoms with E-state index in [4.69, 9.17) is 15.2 Å². The molecule has 1 amide bonds. The maximum atomic E-state index is 13.6. The van der Waals surface area contributed by atoms with Gasteiger partial charge in [0.1, 0.15) is 23.7 Å². The van der Waals surface area contributed by atoms with E-state index in [-0.39, 0.29) is 41.7 Å². The van der Waals surface area contributed by atoms with Crippen LogP contribution in [-0.2, 0) is 30.8 Å². The van der Waals surface area contributed by atoms with Crippen LogP contribution in [0, 0.1) is 0 Å². The number of aromatic nitrogens is 2. The lowest BCUT2D eigenvalue weighted by Gasteiger charge is -2.28. The van der Waals surface area contributed by atoms with E-state index in [0.29, 0.717) is 22.5 Å². The molecule has 16 heteroatoms. The molecule has 0 radical (unpaired) electrons. The average Bonchev–Trinajstić information content (AvgIpc) is 3.66. The molecule has 2 atom stereocenters. The molecule has 12 nitrogen and oxygen atoms in total. The number of nitrogens with two attached hydrogens (primary N) is 1. The molecule has 2 saturated heterocycles. The number of nitrogen functional groups attached to an aromatic ring is 1. The van der Waals surface area contributed by atoms with Gasteiger partial charge in [-0.2, -0.15) is 4.72 Å². The van der Waals surface area contributed by atoms with Gasteiger partial charge in [0.2, 0.25) is 5.91 Å². The number of sulfonamides is 1.